The lowest BCUT2D eigenvalue weighted by Crippen LogP contribution is -2.29. The van der Waals surface area contributed by atoms with Crippen LogP contribution in [-0.2, 0) is 0 Å². The molecule has 0 radical (unpaired) electrons. The lowest BCUT2D eigenvalue weighted by Gasteiger charge is -2.29. The first-order chi connectivity index (χ1) is 17.2. The van der Waals surface area contributed by atoms with Gasteiger partial charge in [0.25, 0.3) is 0 Å². The number of anilines is 5. The van der Waals surface area contributed by atoms with Gasteiger partial charge in [-0.05, 0) is 114 Å². The van der Waals surface area contributed by atoms with Crippen LogP contribution >= 0.6 is 11.9 Å². The van der Waals surface area contributed by atoms with Gasteiger partial charge in [0.1, 0.15) is 11.6 Å². The molecular weight excluding hydrogens is 468 g/mol. The van der Waals surface area contributed by atoms with Crippen LogP contribution < -0.4 is 20.1 Å². The van der Waals surface area contributed by atoms with Crippen molar-refractivity contribution in [3.63, 3.8) is 0 Å². The lowest BCUT2D eigenvalue weighted by molar-refractivity contribution is 0.255. The number of nitrogens with zero attached hydrogens (tertiary/aromatic N) is 3. The van der Waals surface area contributed by atoms with Crippen molar-refractivity contribution >= 4 is 40.8 Å². The number of methoxy groups -OCH3 is 1. The van der Waals surface area contributed by atoms with Crippen molar-refractivity contribution in [2.75, 3.05) is 42.6 Å². The van der Waals surface area contributed by atoms with Crippen LogP contribution in [-0.4, -0.2) is 46.9 Å². The molecule has 0 spiro atoms. The number of ether oxygens (including phenoxy) is 1. The van der Waals surface area contributed by atoms with Gasteiger partial charge in [-0.1, -0.05) is 12.1 Å². The second-order valence-corrected chi connectivity index (χ2v) is 12.0. The van der Waals surface area contributed by atoms with Crippen LogP contribution in [0.4, 0.5) is 28.8 Å². The standard InChI is InChI=1S/C28H38N6OS/c1-19-18-29-27(32-26(19)30-22-8-7-9-23(17-22)33-36-28(2,3)4)31-24-11-10-21(16-25(24)35-6)20-12-14-34(5)15-13-20/h7-11,16-18,20,33H,12-15H2,1-6H3,(H2,29,30,31,32). The van der Waals surface area contributed by atoms with Gasteiger partial charge >= 0.3 is 0 Å². The molecule has 1 fully saturated rings. The number of aryl methyl sites for hydroxylation is 1. The third kappa shape index (κ3) is 7.04. The van der Waals surface area contributed by atoms with Crippen LogP contribution in [0.5, 0.6) is 5.75 Å². The largest absolute Gasteiger partial charge is 0.495 e. The molecule has 0 unspecified atom stereocenters. The molecule has 2 heterocycles. The summed E-state index contributed by atoms with van der Waals surface area (Å²) in [5.41, 5.74) is 5.15. The zero-order valence-electron chi connectivity index (χ0n) is 22.2. The number of piperidine rings is 1. The number of hydrogen-bond donors (Lipinski definition) is 3. The maximum absolute atomic E-state index is 5.73. The number of rotatable bonds is 8. The average molecular weight is 507 g/mol. The van der Waals surface area contributed by atoms with E-state index in [9.17, 15) is 0 Å². The highest BCUT2D eigenvalue weighted by Crippen LogP contribution is 2.35. The highest BCUT2D eigenvalue weighted by atomic mass is 32.2. The van der Waals surface area contributed by atoms with Crippen LogP contribution in [0.3, 0.4) is 0 Å². The molecule has 0 amide bonds. The average Bonchev–Trinajstić information content (AvgIpc) is 2.85. The Kier molecular flexibility index (Phi) is 8.26. The second-order valence-electron chi connectivity index (χ2n) is 10.4. The van der Waals surface area contributed by atoms with Crippen molar-refractivity contribution in [3.8, 4) is 5.75 Å². The van der Waals surface area contributed by atoms with E-state index in [0.717, 1.165) is 47.3 Å². The van der Waals surface area contributed by atoms with Gasteiger partial charge in [-0.2, -0.15) is 4.98 Å². The maximum atomic E-state index is 5.73. The Hall–Kier alpha value is -2.97. The molecule has 7 nitrogen and oxygen atoms in total. The molecule has 1 saturated heterocycles. The summed E-state index contributed by atoms with van der Waals surface area (Å²) in [6.07, 6.45) is 4.18. The van der Waals surface area contributed by atoms with Gasteiger partial charge in [0.15, 0.2) is 0 Å². The first-order valence-electron chi connectivity index (χ1n) is 12.5. The zero-order chi connectivity index (χ0) is 25.7. The number of aromatic nitrogens is 2. The Morgan fingerprint density at radius 1 is 1.03 bits per heavy atom. The van der Waals surface area contributed by atoms with E-state index >= 15 is 0 Å². The normalized spacial score (nSPS) is 14.9. The molecule has 3 aromatic rings. The van der Waals surface area contributed by atoms with Crippen molar-refractivity contribution in [2.24, 2.45) is 0 Å². The summed E-state index contributed by atoms with van der Waals surface area (Å²) in [5.74, 6) is 2.66. The van der Waals surface area contributed by atoms with Crippen LogP contribution in [0, 0.1) is 6.92 Å². The Morgan fingerprint density at radius 2 is 1.78 bits per heavy atom. The van der Waals surface area contributed by atoms with Gasteiger partial charge in [-0.15, -0.1) is 0 Å². The van der Waals surface area contributed by atoms with E-state index in [4.69, 9.17) is 9.72 Å². The molecule has 1 aliphatic rings. The first-order valence-corrected chi connectivity index (χ1v) is 13.3. The SMILES string of the molecule is COc1cc(C2CCN(C)CC2)ccc1Nc1ncc(C)c(Nc2cccc(NSC(C)(C)C)c2)n1. The summed E-state index contributed by atoms with van der Waals surface area (Å²) in [4.78, 5) is 11.7. The summed E-state index contributed by atoms with van der Waals surface area (Å²) in [6, 6.07) is 14.6. The molecule has 1 aromatic heterocycles. The van der Waals surface area contributed by atoms with Crippen molar-refractivity contribution in [3.05, 3.63) is 59.8 Å². The molecule has 36 heavy (non-hydrogen) atoms. The van der Waals surface area contributed by atoms with Gasteiger partial charge in [0, 0.05) is 27.9 Å². The quantitative estimate of drug-likeness (QED) is 0.284. The number of benzene rings is 2. The fraction of sp³-hybridized carbons (Fsp3) is 0.429. The van der Waals surface area contributed by atoms with Gasteiger partial charge < -0.3 is 25.0 Å². The highest BCUT2D eigenvalue weighted by molar-refractivity contribution is 8.01. The predicted molar refractivity (Wildman–Crippen MR) is 153 cm³/mol. The molecule has 8 heteroatoms. The molecule has 192 valence electrons. The minimum Gasteiger partial charge on any atom is -0.495 e. The smallest absolute Gasteiger partial charge is 0.229 e. The molecule has 4 rings (SSSR count). The number of hydrogen-bond acceptors (Lipinski definition) is 8. The third-order valence-corrected chi connectivity index (χ3v) is 7.18. The van der Waals surface area contributed by atoms with Crippen molar-refractivity contribution in [2.45, 2.75) is 51.2 Å². The Labute approximate surface area is 219 Å². The van der Waals surface area contributed by atoms with Gasteiger partial charge in [-0.3, -0.25) is 0 Å². The minimum atomic E-state index is 0.125. The summed E-state index contributed by atoms with van der Waals surface area (Å²) >= 11 is 1.69. The predicted octanol–water partition coefficient (Wildman–Crippen LogP) is 6.95. The summed E-state index contributed by atoms with van der Waals surface area (Å²) in [7, 11) is 3.90. The van der Waals surface area contributed by atoms with Crippen molar-refractivity contribution < 1.29 is 4.74 Å². The number of nitrogens with one attached hydrogen (secondary N) is 3. The Balaban J connectivity index is 1.48. The molecule has 1 aliphatic heterocycles. The summed E-state index contributed by atoms with van der Waals surface area (Å²) in [6.45, 7) is 10.8. The molecule has 3 N–H and O–H groups in total. The second kappa shape index (κ2) is 11.4. The van der Waals surface area contributed by atoms with E-state index < -0.39 is 0 Å². The van der Waals surface area contributed by atoms with E-state index in [2.05, 4.69) is 83.4 Å². The molecule has 2 aromatic carbocycles. The summed E-state index contributed by atoms with van der Waals surface area (Å²) < 4.78 is 9.28. The fourth-order valence-corrected chi connectivity index (χ4v) is 4.72. The monoisotopic (exact) mass is 506 g/mol. The molecule has 0 aliphatic carbocycles. The van der Waals surface area contributed by atoms with Crippen LogP contribution in [0.25, 0.3) is 0 Å². The summed E-state index contributed by atoms with van der Waals surface area (Å²) in [5, 5.41) is 6.80. The maximum Gasteiger partial charge on any atom is 0.229 e. The van der Waals surface area contributed by atoms with E-state index in [1.165, 1.54) is 18.4 Å². The van der Waals surface area contributed by atoms with E-state index in [0.29, 0.717) is 11.9 Å². The van der Waals surface area contributed by atoms with Crippen LogP contribution in [0.2, 0.25) is 0 Å². The van der Waals surface area contributed by atoms with Crippen molar-refractivity contribution in [1.29, 1.82) is 0 Å². The van der Waals surface area contributed by atoms with E-state index in [1.807, 2.05) is 25.3 Å². The molecule has 0 saturated carbocycles. The van der Waals surface area contributed by atoms with Crippen molar-refractivity contribution in [1.82, 2.24) is 14.9 Å². The van der Waals surface area contributed by atoms with Gasteiger partial charge in [0.2, 0.25) is 5.95 Å². The van der Waals surface area contributed by atoms with E-state index in [-0.39, 0.29) is 4.75 Å². The van der Waals surface area contributed by atoms with E-state index in [1.54, 1.807) is 19.1 Å². The fourth-order valence-electron chi connectivity index (χ4n) is 4.17. The van der Waals surface area contributed by atoms with Crippen LogP contribution in [0.1, 0.15) is 50.7 Å². The molecule has 0 bridgehead atoms. The minimum absolute atomic E-state index is 0.125. The third-order valence-electron chi connectivity index (χ3n) is 6.23. The Morgan fingerprint density at radius 3 is 2.50 bits per heavy atom. The molecule has 0 atom stereocenters. The first kappa shape index (κ1) is 26.1. The van der Waals surface area contributed by atoms with Gasteiger partial charge in [0.05, 0.1) is 12.8 Å². The highest BCUT2D eigenvalue weighted by Gasteiger charge is 2.20. The van der Waals surface area contributed by atoms with Gasteiger partial charge in [-0.25, -0.2) is 4.98 Å². The topological polar surface area (TPSA) is 74.3 Å². The van der Waals surface area contributed by atoms with Crippen LogP contribution in [0.15, 0.2) is 48.7 Å². The Bertz CT molecular complexity index is 1170. The lowest BCUT2D eigenvalue weighted by atomic mass is 9.89. The molecular formula is C28H38N6OS. The zero-order valence-corrected chi connectivity index (χ0v) is 23.0. The number of likely N-dealkylation sites (tertiary alicyclic amines) is 1.